The lowest BCUT2D eigenvalue weighted by atomic mass is 9.45. The molecule has 27 heavy (non-hydrogen) atoms. The van der Waals surface area contributed by atoms with Gasteiger partial charge in [0.15, 0.2) is 0 Å². The van der Waals surface area contributed by atoms with E-state index in [9.17, 15) is 10.2 Å². The number of fused-ring (bicyclic) bond motifs is 1. The third-order valence-electron chi connectivity index (χ3n) is 7.58. The smallest absolute Gasteiger partial charge is 0.122 e. The van der Waals surface area contributed by atoms with Crippen LogP contribution < -0.4 is 0 Å². The van der Waals surface area contributed by atoms with Gasteiger partial charge in [0.25, 0.3) is 0 Å². The van der Waals surface area contributed by atoms with E-state index in [0.717, 1.165) is 30.6 Å². The lowest BCUT2D eigenvalue weighted by molar-refractivity contribution is -0.163. The van der Waals surface area contributed by atoms with Crippen molar-refractivity contribution in [3.8, 4) is 0 Å². The van der Waals surface area contributed by atoms with Crippen molar-refractivity contribution in [2.75, 3.05) is 14.2 Å². The van der Waals surface area contributed by atoms with E-state index < -0.39 is 5.60 Å². The molecule has 4 nitrogen and oxygen atoms in total. The number of allylic oxidation sites excluding steroid dienone is 3. The van der Waals surface area contributed by atoms with Gasteiger partial charge >= 0.3 is 0 Å². The fourth-order valence-corrected chi connectivity index (χ4v) is 6.39. The summed E-state index contributed by atoms with van der Waals surface area (Å²) in [6, 6.07) is 0. The SMILES string of the molecule is COC1=CC(=C(O)C2C(C)(O)CCC3C(C)(C)CCCC32C)CC(OC)=C1. The topological polar surface area (TPSA) is 58.9 Å². The van der Waals surface area contributed by atoms with Gasteiger partial charge in [0.1, 0.15) is 17.3 Å². The minimum Gasteiger partial charge on any atom is -0.512 e. The standard InChI is InChI=1S/C23H36O4/c1-21(2)9-7-10-22(3)18(21)8-11-23(4,25)20(22)19(24)15-12-16(26-5)14-17(13-15)27-6/h12,14,18,20,24-25H,7-11,13H2,1-6H3. The average molecular weight is 377 g/mol. The van der Waals surface area contributed by atoms with Crippen molar-refractivity contribution in [1.82, 2.24) is 0 Å². The monoisotopic (exact) mass is 376 g/mol. The van der Waals surface area contributed by atoms with Crippen LogP contribution in [-0.4, -0.2) is 30.0 Å². The van der Waals surface area contributed by atoms with E-state index in [4.69, 9.17) is 9.47 Å². The van der Waals surface area contributed by atoms with Crippen molar-refractivity contribution in [2.24, 2.45) is 22.7 Å². The Balaban J connectivity index is 2.09. The van der Waals surface area contributed by atoms with E-state index in [1.54, 1.807) is 14.2 Å². The van der Waals surface area contributed by atoms with Gasteiger partial charge in [-0.05, 0) is 55.4 Å². The minimum absolute atomic E-state index is 0.129. The van der Waals surface area contributed by atoms with Gasteiger partial charge in [0, 0.05) is 18.1 Å². The maximum absolute atomic E-state index is 11.5. The summed E-state index contributed by atoms with van der Waals surface area (Å²) >= 11 is 0. The van der Waals surface area contributed by atoms with Crippen LogP contribution in [0.5, 0.6) is 0 Å². The van der Waals surface area contributed by atoms with Gasteiger partial charge in [-0.2, -0.15) is 0 Å². The van der Waals surface area contributed by atoms with Crippen LogP contribution in [0.1, 0.15) is 66.2 Å². The first kappa shape index (κ1) is 20.3. The Hall–Kier alpha value is -1.42. The Bertz CT molecular complexity index is 682. The molecule has 2 fully saturated rings. The van der Waals surface area contributed by atoms with E-state index >= 15 is 0 Å². The first-order valence-corrected chi connectivity index (χ1v) is 10.2. The number of aliphatic hydroxyl groups is 2. The van der Waals surface area contributed by atoms with Crippen LogP contribution in [0.2, 0.25) is 0 Å². The van der Waals surface area contributed by atoms with Gasteiger partial charge in [0.05, 0.1) is 25.7 Å². The average Bonchev–Trinajstić information content (AvgIpc) is 2.59. The summed E-state index contributed by atoms with van der Waals surface area (Å²) in [6.45, 7) is 8.89. The van der Waals surface area contributed by atoms with E-state index in [2.05, 4.69) is 20.8 Å². The molecule has 2 N–H and O–H groups in total. The van der Waals surface area contributed by atoms with Gasteiger partial charge in [0.2, 0.25) is 0 Å². The molecule has 0 radical (unpaired) electrons. The zero-order valence-corrected chi connectivity index (χ0v) is 17.8. The van der Waals surface area contributed by atoms with E-state index in [-0.39, 0.29) is 16.7 Å². The van der Waals surface area contributed by atoms with Crippen molar-refractivity contribution in [1.29, 1.82) is 0 Å². The third-order valence-corrected chi connectivity index (χ3v) is 7.58. The van der Waals surface area contributed by atoms with Crippen LogP contribution in [0.4, 0.5) is 0 Å². The van der Waals surface area contributed by atoms with Crippen LogP contribution in [0.3, 0.4) is 0 Å². The van der Waals surface area contributed by atoms with Crippen LogP contribution >= 0.6 is 0 Å². The third kappa shape index (κ3) is 3.41. The molecule has 0 aliphatic heterocycles. The molecule has 0 aromatic carbocycles. The Morgan fingerprint density at radius 3 is 2.37 bits per heavy atom. The summed E-state index contributed by atoms with van der Waals surface area (Å²) in [5, 5.41) is 22.8. The lowest BCUT2D eigenvalue weighted by Crippen LogP contribution is -2.58. The maximum atomic E-state index is 11.5. The highest BCUT2D eigenvalue weighted by Crippen LogP contribution is 2.63. The molecule has 0 spiro atoms. The number of hydrogen-bond acceptors (Lipinski definition) is 4. The van der Waals surface area contributed by atoms with Crippen LogP contribution in [0, 0.1) is 22.7 Å². The molecule has 3 aliphatic carbocycles. The molecule has 4 heteroatoms. The molecule has 3 rings (SSSR count). The van der Waals surface area contributed by atoms with Gasteiger partial charge in [-0.1, -0.05) is 27.2 Å². The minimum atomic E-state index is -0.925. The fraction of sp³-hybridized carbons (Fsp3) is 0.739. The van der Waals surface area contributed by atoms with Gasteiger partial charge < -0.3 is 19.7 Å². The highest BCUT2D eigenvalue weighted by molar-refractivity contribution is 5.39. The number of aliphatic hydroxyl groups excluding tert-OH is 1. The molecule has 3 aliphatic rings. The van der Waals surface area contributed by atoms with Crippen molar-refractivity contribution >= 4 is 0 Å². The molecule has 2 saturated carbocycles. The molecular formula is C23H36O4. The molecular weight excluding hydrogens is 340 g/mol. The fourth-order valence-electron chi connectivity index (χ4n) is 6.39. The highest BCUT2D eigenvalue weighted by Gasteiger charge is 2.59. The maximum Gasteiger partial charge on any atom is 0.122 e. The summed E-state index contributed by atoms with van der Waals surface area (Å²) in [5.41, 5.74) is -0.0344. The number of hydrogen-bond donors (Lipinski definition) is 2. The second-order valence-corrected chi connectivity index (χ2v) is 9.88. The lowest BCUT2D eigenvalue weighted by Gasteiger charge is -2.61. The summed E-state index contributed by atoms with van der Waals surface area (Å²) in [5.74, 6) is 1.93. The van der Waals surface area contributed by atoms with Gasteiger partial charge in [-0.3, -0.25) is 0 Å². The quantitative estimate of drug-likeness (QED) is 0.660. The Labute approximate surface area is 163 Å². The van der Waals surface area contributed by atoms with Crippen LogP contribution in [0.25, 0.3) is 0 Å². The normalized spacial score (nSPS) is 40.4. The largest absolute Gasteiger partial charge is 0.512 e. The molecule has 152 valence electrons. The molecule has 0 aromatic heterocycles. The van der Waals surface area contributed by atoms with Crippen LogP contribution in [0.15, 0.2) is 35.0 Å². The second-order valence-electron chi connectivity index (χ2n) is 9.88. The van der Waals surface area contributed by atoms with Gasteiger partial charge in [-0.25, -0.2) is 0 Å². The van der Waals surface area contributed by atoms with E-state index in [0.29, 0.717) is 30.3 Å². The van der Waals surface area contributed by atoms with Crippen molar-refractivity contribution in [3.63, 3.8) is 0 Å². The molecule has 0 heterocycles. The summed E-state index contributed by atoms with van der Waals surface area (Å²) < 4.78 is 10.8. The predicted octanol–water partition coefficient (Wildman–Crippen LogP) is 5.26. The Morgan fingerprint density at radius 2 is 1.74 bits per heavy atom. The number of rotatable bonds is 3. The molecule has 0 saturated heterocycles. The zero-order chi connectivity index (χ0) is 20.0. The number of methoxy groups -OCH3 is 2. The molecule has 4 atom stereocenters. The number of ether oxygens (including phenoxy) is 2. The predicted molar refractivity (Wildman–Crippen MR) is 107 cm³/mol. The second kappa shape index (κ2) is 6.88. The molecule has 0 aromatic rings. The van der Waals surface area contributed by atoms with Crippen molar-refractivity contribution in [3.05, 3.63) is 35.0 Å². The zero-order valence-electron chi connectivity index (χ0n) is 17.8. The summed E-state index contributed by atoms with van der Waals surface area (Å²) in [7, 11) is 3.25. The Morgan fingerprint density at radius 1 is 1.04 bits per heavy atom. The highest BCUT2D eigenvalue weighted by atomic mass is 16.5. The van der Waals surface area contributed by atoms with Crippen molar-refractivity contribution < 1.29 is 19.7 Å². The Kier molecular flexibility index (Phi) is 5.17. The van der Waals surface area contributed by atoms with Crippen LogP contribution in [-0.2, 0) is 9.47 Å². The van der Waals surface area contributed by atoms with Crippen molar-refractivity contribution in [2.45, 2.75) is 71.8 Å². The van der Waals surface area contributed by atoms with E-state index in [1.165, 1.54) is 6.42 Å². The molecule has 4 unspecified atom stereocenters. The first-order chi connectivity index (χ1) is 12.5. The van der Waals surface area contributed by atoms with Gasteiger partial charge in [-0.15, -0.1) is 0 Å². The summed E-state index contributed by atoms with van der Waals surface area (Å²) in [6.07, 6.45) is 9.36. The molecule has 0 bridgehead atoms. The molecule has 0 amide bonds. The summed E-state index contributed by atoms with van der Waals surface area (Å²) in [4.78, 5) is 0. The van der Waals surface area contributed by atoms with E-state index in [1.807, 2.05) is 19.1 Å². The first-order valence-electron chi connectivity index (χ1n) is 10.2.